The predicted octanol–water partition coefficient (Wildman–Crippen LogP) is 0.711. The minimum atomic E-state index is -0.468. The molecule has 80 valence electrons. The van der Waals surface area contributed by atoms with Gasteiger partial charge in [-0.3, -0.25) is 14.9 Å². The molecule has 0 saturated heterocycles. The van der Waals surface area contributed by atoms with Gasteiger partial charge in [-0.2, -0.15) is 0 Å². The Morgan fingerprint density at radius 2 is 2.33 bits per heavy atom. The number of likely N-dealkylation sites (N-methyl/N-ethyl adjacent to an activating group) is 1. The Kier molecular flexibility index (Phi) is 3.61. The van der Waals surface area contributed by atoms with Crippen molar-refractivity contribution in [3.63, 3.8) is 0 Å². The molecule has 1 rings (SSSR count). The summed E-state index contributed by atoms with van der Waals surface area (Å²) in [5.74, 6) is 0.292. The molecule has 6 nitrogen and oxygen atoms in total. The van der Waals surface area contributed by atoms with Crippen molar-refractivity contribution in [1.29, 1.82) is 0 Å². The van der Waals surface area contributed by atoms with E-state index in [1.165, 1.54) is 18.2 Å². The van der Waals surface area contributed by atoms with E-state index in [0.29, 0.717) is 11.5 Å². The van der Waals surface area contributed by atoms with Crippen LogP contribution in [-0.2, 0) is 9.53 Å². The van der Waals surface area contributed by atoms with Gasteiger partial charge in [0.05, 0.1) is 17.0 Å². The van der Waals surface area contributed by atoms with Gasteiger partial charge in [0.2, 0.25) is 5.70 Å². The summed E-state index contributed by atoms with van der Waals surface area (Å²) in [5, 5.41) is 13.3. The molecule has 0 heterocycles. The molecule has 0 aliphatic heterocycles. The van der Waals surface area contributed by atoms with Crippen LogP contribution in [0.2, 0.25) is 0 Å². The zero-order chi connectivity index (χ0) is 11.3. The number of carbonyl (C=O) groups excluding carboxylic acids is 1. The first-order valence-corrected chi connectivity index (χ1v) is 4.23. The molecule has 0 atom stereocenters. The largest absolute Gasteiger partial charge is 0.427 e. The maximum atomic E-state index is 10.5. The van der Waals surface area contributed by atoms with Gasteiger partial charge in [-0.25, -0.2) is 0 Å². The second-order valence-electron chi connectivity index (χ2n) is 2.73. The highest BCUT2D eigenvalue weighted by Crippen LogP contribution is 2.17. The first-order valence-electron chi connectivity index (χ1n) is 4.23. The van der Waals surface area contributed by atoms with Crippen LogP contribution in [0.25, 0.3) is 0 Å². The summed E-state index contributed by atoms with van der Waals surface area (Å²) in [6, 6.07) is 0. The van der Waals surface area contributed by atoms with Crippen molar-refractivity contribution in [1.82, 2.24) is 5.32 Å². The van der Waals surface area contributed by atoms with E-state index in [2.05, 4.69) is 10.1 Å². The molecule has 0 fully saturated rings. The molecular weight excluding hydrogens is 200 g/mol. The molecule has 1 N–H and O–H groups in total. The molecule has 0 bridgehead atoms. The van der Waals surface area contributed by atoms with Gasteiger partial charge < -0.3 is 10.1 Å². The zero-order valence-corrected chi connectivity index (χ0v) is 8.10. The summed E-state index contributed by atoms with van der Waals surface area (Å²) in [7, 11) is 1.64. The lowest BCUT2D eigenvalue weighted by atomic mass is 10.3. The third-order valence-electron chi connectivity index (χ3n) is 1.88. The Bertz CT molecular complexity index is 368. The number of nitrogens with zero attached hydrogens (tertiary/aromatic N) is 1. The molecule has 6 heteroatoms. The fourth-order valence-electron chi connectivity index (χ4n) is 1.14. The van der Waals surface area contributed by atoms with E-state index >= 15 is 0 Å². The van der Waals surface area contributed by atoms with Crippen LogP contribution in [0, 0.1) is 10.1 Å². The highest BCUT2D eigenvalue weighted by Gasteiger charge is 2.14. The molecule has 0 aromatic heterocycles. The SMILES string of the molecule is CNC1=CC=C([N+](=O)[O-])CC=C1OC=O. The Hall–Kier alpha value is -2.11. The summed E-state index contributed by atoms with van der Waals surface area (Å²) < 4.78 is 4.69. The van der Waals surface area contributed by atoms with E-state index in [1.54, 1.807) is 7.05 Å². The average Bonchev–Trinajstić information content (AvgIpc) is 2.41. The van der Waals surface area contributed by atoms with Crippen LogP contribution in [-0.4, -0.2) is 18.4 Å². The molecular formula is C9H10N2O4. The Balaban J connectivity index is 2.97. The summed E-state index contributed by atoms with van der Waals surface area (Å²) in [6.45, 7) is 0.286. The van der Waals surface area contributed by atoms with Crippen molar-refractivity contribution in [3.05, 3.63) is 45.5 Å². The van der Waals surface area contributed by atoms with Crippen molar-refractivity contribution in [3.8, 4) is 0 Å². The van der Waals surface area contributed by atoms with Crippen LogP contribution in [0.4, 0.5) is 0 Å². The summed E-state index contributed by atoms with van der Waals surface area (Å²) in [5.41, 5.74) is 0.575. The molecule has 0 unspecified atom stereocenters. The molecule has 0 aromatic rings. The molecule has 0 radical (unpaired) electrons. The molecule has 1 aliphatic carbocycles. The first-order chi connectivity index (χ1) is 7.19. The molecule has 0 spiro atoms. The van der Waals surface area contributed by atoms with Crippen LogP contribution in [0.3, 0.4) is 0 Å². The van der Waals surface area contributed by atoms with Gasteiger partial charge in [0.1, 0.15) is 5.76 Å². The lowest BCUT2D eigenvalue weighted by Gasteiger charge is -2.06. The summed E-state index contributed by atoms with van der Waals surface area (Å²) in [4.78, 5) is 20.2. The third-order valence-corrected chi connectivity index (χ3v) is 1.88. The lowest BCUT2D eigenvalue weighted by molar-refractivity contribution is -0.426. The van der Waals surface area contributed by atoms with Gasteiger partial charge in [-0.1, -0.05) is 0 Å². The minimum absolute atomic E-state index is 0.0484. The van der Waals surface area contributed by atoms with Crippen molar-refractivity contribution < 1.29 is 14.5 Å². The highest BCUT2D eigenvalue weighted by molar-refractivity contribution is 5.45. The summed E-state index contributed by atoms with van der Waals surface area (Å²) >= 11 is 0. The molecule has 1 aliphatic rings. The second kappa shape index (κ2) is 4.94. The van der Waals surface area contributed by atoms with E-state index in [9.17, 15) is 14.9 Å². The topological polar surface area (TPSA) is 81.5 Å². The highest BCUT2D eigenvalue weighted by atomic mass is 16.6. The number of nitrogens with one attached hydrogen (secondary N) is 1. The smallest absolute Gasteiger partial charge is 0.298 e. The maximum absolute atomic E-state index is 10.5. The monoisotopic (exact) mass is 210 g/mol. The quantitative estimate of drug-likeness (QED) is 0.420. The first kappa shape index (κ1) is 11.0. The van der Waals surface area contributed by atoms with Gasteiger partial charge in [0.25, 0.3) is 6.47 Å². The number of ether oxygens (including phenoxy) is 1. The number of nitro groups is 1. The molecule has 0 amide bonds. The minimum Gasteiger partial charge on any atom is -0.427 e. The molecule has 15 heavy (non-hydrogen) atoms. The molecule has 0 aromatic carbocycles. The predicted molar refractivity (Wildman–Crippen MR) is 52.1 cm³/mol. The van der Waals surface area contributed by atoms with Crippen molar-refractivity contribution in [2.24, 2.45) is 0 Å². The Morgan fingerprint density at radius 1 is 1.60 bits per heavy atom. The van der Waals surface area contributed by atoms with E-state index in [0.717, 1.165) is 0 Å². The number of rotatable bonds is 4. The summed E-state index contributed by atoms with van der Waals surface area (Å²) in [6.07, 6.45) is 4.49. The van der Waals surface area contributed by atoms with Gasteiger partial charge in [-0.15, -0.1) is 0 Å². The van der Waals surface area contributed by atoms with Crippen LogP contribution in [0.5, 0.6) is 0 Å². The molecule has 0 saturated carbocycles. The van der Waals surface area contributed by atoms with Gasteiger partial charge >= 0.3 is 0 Å². The average molecular weight is 210 g/mol. The van der Waals surface area contributed by atoms with Gasteiger partial charge in [0.15, 0.2) is 0 Å². The van der Waals surface area contributed by atoms with Crippen LogP contribution in [0.1, 0.15) is 6.42 Å². The van der Waals surface area contributed by atoms with Crippen molar-refractivity contribution in [2.45, 2.75) is 6.42 Å². The number of hydrogen-bond donors (Lipinski definition) is 1. The number of carbonyl (C=O) groups is 1. The Morgan fingerprint density at radius 3 is 2.87 bits per heavy atom. The lowest BCUT2D eigenvalue weighted by Crippen LogP contribution is -2.09. The third kappa shape index (κ3) is 2.67. The van der Waals surface area contributed by atoms with E-state index < -0.39 is 4.92 Å². The van der Waals surface area contributed by atoms with Crippen molar-refractivity contribution in [2.75, 3.05) is 7.05 Å². The van der Waals surface area contributed by atoms with Crippen molar-refractivity contribution >= 4 is 6.47 Å². The number of hydrogen-bond acceptors (Lipinski definition) is 5. The standard InChI is InChI=1S/C9H10N2O4/c1-10-8-4-2-7(11(13)14)3-5-9(8)15-6-12/h2,4-6,10H,3H2,1H3. The van der Waals surface area contributed by atoms with Crippen LogP contribution < -0.4 is 5.32 Å². The second-order valence-corrected chi connectivity index (χ2v) is 2.73. The Labute approximate surface area is 86.1 Å². The fraction of sp³-hybridized carbons (Fsp3) is 0.222. The maximum Gasteiger partial charge on any atom is 0.298 e. The normalized spacial score (nSPS) is 15.4. The number of allylic oxidation sites excluding steroid dienone is 3. The fourth-order valence-corrected chi connectivity index (χ4v) is 1.14. The van der Waals surface area contributed by atoms with E-state index in [1.807, 2.05) is 0 Å². The van der Waals surface area contributed by atoms with Crippen LogP contribution in [0.15, 0.2) is 35.4 Å². The van der Waals surface area contributed by atoms with Gasteiger partial charge in [-0.05, 0) is 12.2 Å². The van der Waals surface area contributed by atoms with Crippen LogP contribution >= 0.6 is 0 Å². The zero-order valence-electron chi connectivity index (χ0n) is 8.10. The van der Waals surface area contributed by atoms with E-state index in [4.69, 9.17) is 0 Å². The van der Waals surface area contributed by atoms with E-state index in [-0.39, 0.29) is 18.6 Å². The van der Waals surface area contributed by atoms with Gasteiger partial charge in [0, 0.05) is 13.1 Å².